The number of benzene rings is 2. The Bertz CT molecular complexity index is 1110. The Morgan fingerprint density at radius 1 is 1.11 bits per heavy atom. The van der Waals surface area contributed by atoms with E-state index in [-0.39, 0.29) is 11.1 Å². The van der Waals surface area contributed by atoms with Gasteiger partial charge >= 0.3 is 0 Å². The van der Waals surface area contributed by atoms with Gasteiger partial charge < -0.3 is 5.32 Å². The third kappa shape index (κ3) is 3.86. The van der Waals surface area contributed by atoms with Gasteiger partial charge in [-0.05, 0) is 26.0 Å². The van der Waals surface area contributed by atoms with Gasteiger partial charge in [-0.1, -0.05) is 12.1 Å². The zero-order valence-electron chi connectivity index (χ0n) is 14.8. The maximum absolute atomic E-state index is 12.7. The fraction of sp³-hybridized carbons (Fsp3) is 0.111. The van der Waals surface area contributed by atoms with E-state index in [1.165, 1.54) is 18.3 Å². The number of nitro benzene ring substituents is 2. The van der Waals surface area contributed by atoms with Gasteiger partial charge in [0.05, 0.1) is 32.2 Å². The SMILES string of the molecule is Cc1nc(-c2cccc(NC(=O)c3cc([N+](=O)[O-])cc([N+](=O)[O-])c3C)c2)cs1. The lowest BCUT2D eigenvalue weighted by atomic mass is 10.0. The summed E-state index contributed by atoms with van der Waals surface area (Å²) < 4.78 is 0. The summed E-state index contributed by atoms with van der Waals surface area (Å²) in [5.41, 5.74) is 0.932. The summed E-state index contributed by atoms with van der Waals surface area (Å²) in [7, 11) is 0. The highest BCUT2D eigenvalue weighted by Crippen LogP contribution is 2.29. The van der Waals surface area contributed by atoms with Crippen molar-refractivity contribution < 1.29 is 14.6 Å². The van der Waals surface area contributed by atoms with Crippen LogP contribution >= 0.6 is 11.3 Å². The first kappa shape index (κ1) is 19.1. The van der Waals surface area contributed by atoms with Crippen LogP contribution in [0.5, 0.6) is 0 Å². The molecule has 0 atom stereocenters. The molecule has 3 rings (SSSR count). The number of carbonyl (C=O) groups excluding carboxylic acids is 1. The largest absolute Gasteiger partial charge is 0.322 e. The van der Waals surface area contributed by atoms with Crippen molar-refractivity contribution >= 4 is 34.3 Å². The summed E-state index contributed by atoms with van der Waals surface area (Å²) in [5, 5.41) is 27.7. The Morgan fingerprint density at radius 2 is 1.86 bits per heavy atom. The van der Waals surface area contributed by atoms with E-state index in [0.29, 0.717) is 5.69 Å². The highest BCUT2D eigenvalue weighted by Gasteiger charge is 2.24. The second kappa shape index (κ2) is 7.53. The van der Waals surface area contributed by atoms with E-state index < -0.39 is 27.1 Å². The van der Waals surface area contributed by atoms with Crippen LogP contribution in [-0.2, 0) is 0 Å². The molecule has 0 radical (unpaired) electrons. The number of aryl methyl sites for hydroxylation is 1. The molecule has 9 nitrogen and oxygen atoms in total. The summed E-state index contributed by atoms with van der Waals surface area (Å²) in [5.74, 6) is -0.670. The van der Waals surface area contributed by atoms with Gasteiger partial charge in [-0.25, -0.2) is 4.98 Å². The van der Waals surface area contributed by atoms with Gasteiger partial charge in [0.2, 0.25) is 0 Å². The average Bonchev–Trinajstić information content (AvgIpc) is 3.08. The second-order valence-corrected chi connectivity index (χ2v) is 7.00. The predicted molar refractivity (Wildman–Crippen MR) is 105 cm³/mol. The van der Waals surface area contributed by atoms with Crippen LogP contribution in [0.2, 0.25) is 0 Å². The second-order valence-electron chi connectivity index (χ2n) is 5.94. The first-order valence-electron chi connectivity index (χ1n) is 8.03. The molecule has 0 spiro atoms. The third-order valence-corrected chi connectivity index (χ3v) is 4.83. The van der Waals surface area contributed by atoms with Crippen molar-refractivity contribution in [1.82, 2.24) is 4.98 Å². The summed E-state index contributed by atoms with van der Waals surface area (Å²) >= 11 is 1.50. The molecular weight excluding hydrogens is 384 g/mol. The zero-order valence-corrected chi connectivity index (χ0v) is 15.6. The van der Waals surface area contributed by atoms with E-state index in [1.54, 1.807) is 18.2 Å². The van der Waals surface area contributed by atoms with Crippen LogP contribution in [-0.4, -0.2) is 20.7 Å². The lowest BCUT2D eigenvalue weighted by Crippen LogP contribution is -2.14. The maximum Gasteiger partial charge on any atom is 0.279 e. The number of anilines is 1. The number of carbonyl (C=O) groups is 1. The van der Waals surface area contributed by atoms with E-state index in [4.69, 9.17) is 0 Å². The van der Waals surface area contributed by atoms with Gasteiger partial charge in [-0.2, -0.15) is 0 Å². The molecule has 0 fully saturated rings. The molecule has 0 unspecified atom stereocenters. The maximum atomic E-state index is 12.7. The highest BCUT2D eigenvalue weighted by molar-refractivity contribution is 7.09. The Balaban J connectivity index is 1.95. The van der Waals surface area contributed by atoms with Crippen LogP contribution in [0, 0.1) is 34.1 Å². The average molecular weight is 398 g/mol. The Kier molecular flexibility index (Phi) is 5.14. The van der Waals surface area contributed by atoms with Crippen LogP contribution in [0.15, 0.2) is 41.8 Å². The van der Waals surface area contributed by atoms with Crippen molar-refractivity contribution in [2.75, 3.05) is 5.32 Å². The molecule has 1 heterocycles. The number of rotatable bonds is 5. The molecule has 28 heavy (non-hydrogen) atoms. The lowest BCUT2D eigenvalue weighted by Gasteiger charge is -2.09. The van der Waals surface area contributed by atoms with Crippen LogP contribution in [0.4, 0.5) is 17.1 Å². The number of thiazole rings is 1. The number of hydrogen-bond donors (Lipinski definition) is 1. The summed E-state index contributed by atoms with van der Waals surface area (Å²) in [6, 6.07) is 8.83. The molecule has 3 aromatic rings. The normalized spacial score (nSPS) is 10.5. The molecule has 0 aliphatic heterocycles. The van der Waals surface area contributed by atoms with E-state index in [2.05, 4.69) is 10.3 Å². The summed E-state index contributed by atoms with van der Waals surface area (Å²) in [6.07, 6.45) is 0. The summed E-state index contributed by atoms with van der Waals surface area (Å²) in [4.78, 5) is 37.8. The van der Waals surface area contributed by atoms with Gasteiger partial charge in [0.25, 0.3) is 17.3 Å². The van der Waals surface area contributed by atoms with Gasteiger partial charge in [0, 0.05) is 28.3 Å². The van der Waals surface area contributed by atoms with E-state index in [1.807, 2.05) is 18.4 Å². The molecule has 0 saturated carbocycles. The van der Waals surface area contributed by atoms with Crippen LogP contribution in [0.25, 0.3) is 11.3 Å². The van der Waals surface area contributed by atoms with Gasteiger partial charge in [-0.15, -0.1) is 11.3 Å². The summed E-state index contributed by atoms with van der Waals surface area (Å²) in [6.45, 7) is 3.27. The minimum atomic E-state index is -0.769. The number of nitrogens with one attached hydrogen (secondary N) is 1. The monoisotopic (exact) mass is 398 g/mol. The van der Waals surface area contributed by atoms with Gasteiger partial charge in [0.15, 0.2) is 0 Å². The highest BCUT2D eigenvalue weighted by atomic mass is 32.1. The smallest absolute Gasteiger partial charge is 0.279 e. The van der Waals surface area contributed by atoms with Crippen molar-refractivity contribution in [1.29, 1.82) is 0 Å². The fourth-order valence-electron chi connectivity index (χ4n) is 2.67. The van der Waals surface area contributed by atoms with Gasteiger partial charge in [-0.3, -0.25) is 25.0 Å². The van der Waals surface area contributed by atoms with Crippen molar-refractivity contribution in [2.45, 2.75) is 13.8 Å². The van der Waals surface area contributed by atoms with E-state index >= 15 is 0 Å². The van der Waals surface area contributed by atoms with Crippen molar-refractivity contribution in [2.24, 2.45) is 0 Å². The van der Waals surface area contributed by atoms with Crippen molar-refractivity contribution in [3.63, 3.8) is 0 Å². The predicted octanol–water partition coefficient (Wildman–Crippen LogP) is 4.50. The zero-order chi connectivity index (χ0) is 20.4. The topological polar surface area (TPSA) is 128 Å². The number of nitrogens with zero attached hydrogens (tertiary/aromatic N) is 3. The molecule has 1 N–H and O–H groups in total. The fourth-order valence-corrected chi connectivity index (χ4v) is 3.29. The van der Waals surface area contributed by atoms with Crippen molar-refractivity contribution in [3.05, 3.63) is 78.1 Å². The number of non-ortho nitro benzene ring substituents is 1. The number of amides is 1. The molecule has 1 amide bonds. The molecular formula is C18H14N4O5S. The van der Waals surface area contributed by atoms with Crippen LogP contribution < -0.4 is 5.32 Å². The molecule has 2 aromatic carbocycles. The molecule has 1 aromatic heterocycles. The number of nitro groups is 2. The van der Waals surface area contributed by atoms with Crippen LogP contribution in [0.3, 0.4) is 0 Å². The molecule has 0 aliphatic carbocycles. The molecule has 10 heteroatoms. The Morgan fingerprint density at radius 3 is 2.46 bits per heavy atom. The first-order chi connectivity index (χ1) is 13.3. The molecule has 0 bridgehead atoms. The quantitative estimate of drug-likeness (QED) is 0.498. The minimum Gasteiger partial charge on any atom is -0.322 e. The lowest BCUT2D eigenvalue weighted by molar-refractivity contribution is -0.394. The van der Waals surface area contributed by atoms with E-state index in [9.17, 15) is 25.0 Å². The van der Waals surface area contributed by atoms with Gasteiger partial charge in [0.1, 0.15) is 0 Å². The number of hydrogen-bond acceptors (Lipinski definition) is 7. The standard InChI is InChI=1S/C18H14N4O5S/c1-10-15(7-14(21(24)25)8-17(10)22(26)27)18(23)20-13-5-3-4-12(6-13)16-9-28-11(2)19-16/h3-9H,1-2H3,(H,20,23). The number of aromatic nitrogens is 1. The Hall–Kier alpha value is -3.66. The Labute approximate surface area is 163 Å². The van der Waals surface area contributed by atoms with Crippen molar-refractivity contribution in [3.8, 4) is 11.3 Å². The molecule has 142 valence electrons. The first-order valence-corrected chi connectivity index (χ1v) is 8.91. The molecule has 0 saturated heterocycles. The van der Waals surface area contributed by atoms with Crippen LogP contribution in [0.1, 0.15) is 20.9 Å². The minimum absolute atomic E-state index is 0.0550. The third-order valence-electron chi connectivity index (χ3n) is 4.05. The van der Waals surface area contributed by atoms with E-state index in [0.717, 1.165) is 28.4 Å². The molecule has 0 aliphatic rings.